The molecule has 0 unspecified atom stereocenters. The van der Waals surface area contributed by atoms with Crippen LogP contribution in [-0.2, 0) is 0 Å². The predicted molar refractivity (Wildman–Crippen MR) is 92.9 cm³/mol. The number of benzene rings is 1. The second kappa shape index (κ2) is 6.34. The van der Waals surface area contributed by atoms with Gasteiger partial charge in [-0.15, -0.1) is 0 Å². The van der Waals surface area contributed by atoms with Gasteiger partial charge in [0.05, 0.1) is 29.5 Å². The number of amides is 1. The first kappa shape index (κ1) is 15.4. The predicted octanol–water partition coefficient (Wildman–Crippen LogP) is 3.90. The number of halogens is 1. The third kappa shape index (κ3) is 3.32. The Morgan fingerprint density at radius 1 is 1.09 bits per heavy atom. The van der Waals surface area contributed by atoms with E-state index in [1.165, 1.54) is 0 Å². The smallest absolute Gasteiger partial charge is 0.255 e. The van der Waals surface area contributed by atoms with Gasteiger partial charge in [-0.2, -0.15) is 5.10 Å². The highest BCUT2D eigenvalue weighted by molar-refractivity contribution is 9.10. The van der Waals surface area contributed by atoms with Gasteiger partial charge in [-0.25, -0.2) is 4.68 Å². The molecule has 116 valence electrons. The molecule has 2 heterocycles. The third-order valence-corrected chi connectivity index (χ3v) is 4.03. The van der Waals surface area contributed by atoms with E-state index in [2.05, 4.69) is 31.3 Å². The zero-order valence-electron chi connectivity index (χ0n) is 12.7. The maximum Gasteiger partial charge on any atom is 0.255 e. The molecule has 1 amide bonds. The number of nitrogens with zero attached hydrogens (tertiary/aromatic N) is 3. The molecule has 0 saturated carbocycles. The van der Waals surface area contributed by atoms with Crippen LogP contribution in [0.25, 0.3) is 5.69 Å². The van der Waals surface area contributed by atoms with Crippen LogP contribution in [0.5, 0.6) is 0 Å². The van der Waals surface area contributed by atoms with Crippen molar-refractivity contribution in [2.45, 2.75) is 13.8 Å². The summed E-state index contributed by atoms with van der Waals surface area (Å²) in [6.07, 6.45) is 3.40. The topological polar surface area (TPSA) is 59.8 Å². The average molecular weight is 371 g/mol. The fourth-order valence-corrected chi connectivity index (χ4v) is 2.44. The van der Waals surface area contributed by atoms with Crippen molar-refractivity contribution in [1.82, 2.24) is 14.8 Å². The van der Waals surface area contributed by atoms with E-state index in [0.717, 1.165) is 21.5 Å². The minimum Gasteiger partial charge on any atom is -0.319 e. The molecule has 0 aliphatic rings. The number of anilines is 1. The highest BCUT2D eigenvalue weighted by Gasteiger charge is 2.12. The van der Waals surface area contributed by atoms with E-state index in [4.69, 9.17) is 0 Å². The van der Waals surface area contributed by atoms with Crippen molar-refractivity contribution in [2.24, 2.45) is 0 Å². The molecule has 1 N–H and O–H groups in total. The number of aromatic nitrogens is 3. The molecule has 0 saturated heterocycles. The second-order valence-electron chi connectivity index (χ2n) is 5.17. The molecule has 0 fully saturated rings. The van der Waals surface area contributed by atoms with Crippen LogP contribution >= 0.6 is 15.9 Å². The molecule has 2 aromatic heterocycles. The number of pyridine rings is 1. The maximum absolute atomic E-state index is 12.3. The molecule has 3 aromatic rings. The van der Waals surface area contributed by atoms with Crippen LogP contribution in [-0.4, -0.2) is 20.7 Å². The van der Waals surface area contributed by atoms with Crippen LogP contribution in [0, 0.1) is 13.8 Å². The van der Waals surface area contributed by atoms with Gasteiger partial charge < -0.3 is 5.32 Å². The number of rotatable bonds is 3. The first-order valence-corrected chi connectivity index (χ1v) is 7.88. The number of carbonyl (C=O) groups excluding carboxylic acids is 1. The molecule has 0 bridgehead atoms. The van der Waals surface area contributed by atoms with E-state index in [0.29, 0.717) is 11.3 Å². The Morgan fingerprint density at radius 2 is 1.83 bits per heavy atom. The summed E-state index contributed by atoms with van der Waals surface area (Å²) in [6.45, 7) is 3.84. The van der Waals surface area contributed by atoms with Gasteiger partial charge >= 0.3 is 0 Å². The molecular weight excluding hydrogens is 356 g/mol. The summed E-state index contributed by atoms with van der Waals surface area (Å²) in [5, 5.41) is 7.22. The van der Waals surface area contributed by atoms with E-state index in [1.54, 1.807) is 29.2 Å². The van der Waals surface area contributed by atoms with Gasteiger partial charge in [-0.05, 0) is 50.2 Å². The molecule has 5 nitrogen and oxygen atoms in total. The molecule has 0 aliphatic carbocycles. The van der Waals surface area contributed by atoms with Gasteiger partial charge in [-0.1, -0.05) is 15.9 Å². The number of nitrogens with one attached hydrogen (secondary N) is 1. The van der Waals surface area contributed by atoms with Crippen LogP contribution in [0.4, 0.5) is 5.69 Å². The fourth-order valence-electron chi connectivity index (χ4n) is 2.17. The minimum absolute atomic E-state index is 0.165. The highest BCUT2D eigenvalue weighted by atomic mass is 79.9. The number of hydrogen-bond acceptors (Lipinski definition) is 3. The van der Waals surface area contributed by atoms with Crippen LogP contribution in [0.15, 0.2) is 53.3 Å². The van der Waals surface area contributed by atoms with Crippen LogP contribution < -0.4 is 5.32 Å². The quantitative estimate of drug-likeness (QED) is 0.760. The van der Waals surface area contributed by atoms with Crippen LogP contribution in [0.3, 0.4) is 0 Å². The third-order valence-electron chi connectivity index (χ3n) is 3.50. The lowest BCUT2D eigenvalue weighted by Gasteiger charge is -2.07. The number of carbonyl (C=O) groups is 1. The van der Waals surface area contributed by atoms with Gasteiger partial charge in [-0.3, -0.25) is 9.78 Å². The van der Waals surface area contributed by atoms with Crippen molar-refractivity contribution in [2.75, 3.05) is 5.32 Å². The summed E-state index contributed by atoms with van der Waals surface area (Å²) < 4.78 is 2.69. The first-order valence-electron chi connectivity index (χ1n) is 7.09. The molecule has 23 heavy (non-hydrogen) atoms. The largest absolute Gasteiger partial charge is 0.319 e. The Balaban J connectivity index is 1.83. The average Bonchev–Trinajstić information content (AvgIpc) is 2.90. The maximum atomic E-state index is 12.3. The van der Waals surface area contributed by atoms with E-state index in [-0.39, 0.29) is 5.91 Å². The van der Waals surface area contributed by atoms with Gasteiger partial charge in [0.25, 0.3) is 5.91 Å². The first-order chi connectivity index (χ1) is 11.0. The monoisotopic (exact) mass is 370 g/mol. The summed E-state index contributed by atoms with van der Waals surface area (Å²) >= 11 is 3.36. The molecular formula is C17H15BrN4O. The van der Waals surface area contributed by atoms with Crippen LogP contribution in [0.1, 0.15) is 21.7 Å². The Kier molecular flexibility index (Phi) is 4.25. The Hall–Kier alpha value is -2.47. The molecule has 3 rings (SSSR count). The standard InChI is InChI=1S/C17H15BrN4O/c1-11-3-8-15(9-19-11)22-12(2)16(10-20-22)21-17(23)13-4-6-14(18)7-5-13/h3-10H,1-2H3,(H,21,23). The summed E-state index contributed by atoms with van der Waals surface area (Å²) in [6, 6.07) is 11.1. The molecule has 0 spiro atoms. The van der Waals surface area contributed by atoms with E-state index >= 15 is 0 Å². The Labute approximate surface area is 142 Å². The van der Waals surface area contributed by atoms with Gasteiger partial charge in [0.2, 0.25) is 0 Å². The van der Waals surface area contributed by atoms with E-state index in [9.17, 15) is 4.79 Å². The van der Waals surface area contributed by atoms with Crippen molar-refractivity contribution >= 4 is 27.5 Å². The Morgan fingerprint density at radius 3 is 2.48 bits per heavy atom. The molecule has 0 radical (unpaired) electrons. The molecule has 1 aromatic carbocycles. The number of aryl methyl sites for hydroxylation is 1. The van der Waals surface area contributed by atoms with Gasteiger partial charge in [0.1, 0.15) is 0 Å². The summed E-state index contributed by atoms with van der Waals surface area (Å²) in [5.74, 6) is -0.165. The summed E-state index contributed by atoms with van der Waals surface area (Å²) in [4.78, 5) is 16.6. The highest BCUT2D eigenvalue weighted by Crippen LogP contribution is 2.19. The van der Waals surface area contributed by atoms with Crippen molar-refractivity contribution in [3.8, 4) is 5.69 Å². The Bertz CT molecular complexity index is 838. The molecule has 6 heteroatoms. The van der Waals surface area contributed by atoms with Crippen LogP contribution in [0.2, 0.25) is 0 Å². The normalized spacial score (nSPS) is 10.6. The zero-order chi connectivity index (χ0) is 16.4. The lowest BCUT2D eigenvalue weighted by atomic mass is 10.2. The van der Waals surface area contributed by atoms with Crippen molar-refractivity contribution in [1.29, 1.82) is 0 Å². The van der Waals surface area contributed by atoms with Gasteiger partial charge in [0, 0.05) is 15.7 Å². The minimum atomic E-state index is -0.165. The SMILES string of the molecule is Cc1ccc(-n2ncc(NC(=O)c3ccc(Br)cc3)c2C)cn1. The second-order valence-corrected chi connectivity index (χ2v) is 6.09. The van der Waals surface area contributed by atoms with Crippen molar-refractivity contribution in [3.05, 3.63) is 70.2 Å². The van der Waals surface area contributed by atoms with Gasteiger partial charge in [0.15, 0.2) is 0 Å². The summed E-state index contributed by atoms with van der Waals surface area (Å²) in [7, 11) is 0. The van der Waals surface area contributed by atoms with Crippen molar-refractivity contribution < 1.29 is 4.79 Å². The fraction of sp³-hybridized carbons (Fsp3) is 0.118. The molecule has 0 aliphatic heterocycles. The lowest BCUT2D eigenvalue weighted by Crippen LogP contribution is -2.12. The van der Waals surface area contributed by atoms with E-state index in [1.807, 2.05) is 38.1 Å². The molecule has 0 atom stereocenters. The lowest BCUT2D eigenvalue weighted by molar-refractivity contribution is 0.102. The van der Waals surface area contributed by atoms with Crippen molar-refractivity contribution in [3.63, 3.8) is 0 Å². The number of hydrogen-bond donors (Lipinski definition) is 1. The zero-order valence-corrected chi connectivity index (χ0v) is 14.3. The van der Waals surface area contributed by atoms with E-state index < -0.39 is 0 Å². The summed E-state index contributed by atoms with van der Waals surface area (Å²) in [5.41, 5.74) is 3.93.